The SMILES string of the molecule is Cc1ccc2cccc([CH2][Al][O]c3ccc4cc(-c5ccccc5)ccc4c3)c2n1. The van der Waals surface area contributed by atoms with Crippen molar-refractivity contribution in [2.45, 2.75) is 12.2 Å². The van der Waals surface area contributed by atoms with E-state index < -0.39 is 0 Å². The van der Waals surface area contributed by atoms with E-state index >= 15 is 0 Å². The van der Waals surface area contributed by atoms with Gasteiger partial charge < -0.3 is 3.79 Å². The Balaban J connectivity index is 1.32. The Labute approximate surface area is 183 Å². The molecule has 0 aliphatic carbocycles. The van der Waals surface area contributed by atoms with Crippen molar-refractivity contribution < 1.29 is 3.79 Å². The molecule has 0 N–H and O–H groups in total. The molecule has 0 aliphatic heterocycles. The Morgan fingerprint density at radius 2 is 1.50 bits per heavy atom. The Morgan fingerprint density at radius 1 is 0.700 bits per heavy atom. The first-order chi connectivity index (χ1) is 14.8. The highest BCUT2D eigenvalue weighted by molar-refractivity contribution is 6.28. The Hall–Kier alpha value is -3.12. The smallest absolute Gasteiger partial charge is 0.528 e. The van der Waals surface area contributed by atoms with Crippen LogP contribution in [-0.4, -0.2) is 20.5 Å². The van der Waals surface area contributed by atoms with Crippen LogP contribution in [0.3, 0.4) is 0 Å². The van der Waals surface area contributed by atoms with Crippen LogP contribution in [0.15, 0.2) is 97.1 Å². The standard InChI is InChI=1S/C16H12O.C11H10N.Al/c17-16-9-8-14-10-13(6-7-15(14)11-16)12-4-2-1-3-5-12;1-8-4-3-5-10-7-6-9(2)12-11(8)10;/h1-11,17H;3-7H,1H2,2H3;/q;;+1/p-1. The third kappa shape index (κ3) is 3.96. The number of aryl methyl sites for hydroxylation is 1. The monoisotopic (exact) mass is 402 g/mol. The highest BCUT2D eigenvalue weighted by Crippen LogP contribution is 2.27. The van der Waals surface area contributed by atoms with Gasteiger partial charge in [-0.05, 0) is 63.9 Å². The fourth-order valence-electron chi connectivity index (χ4n) is 3.81. The maximum Gasteiger partial charge on any atom is 0.528 e. The lowest BCUT2D eigenvalue weighted by atomic mass is 10.0. The molecule has 1 heterocycles. The van der Waals surface area contributed by atoms with Crippen LogP contribution in [0.5, 0.6) is 5.75 Å². The van der Waals surface area contributed by atoms with Gasteiger partial charge in [-0.3, -0.25) is 4.98 Å². The number of para-hydroxylation sites is 1. The zero-order chi connectivity index (χ0) is 20.3. The molecule has 0 spiro atoms. The lowest BCUT2D eigenvalue weighted by molar-refractivity contribution is 0.593. The molecule has 4 aromatic carbocycles. The maximum atomic E-state index is 6.17. The quantitative estimate of drug-likeness (QED) is 0.311. The van der Waals surface area contributed by atoms with Crippen LogP contribution < -0.4 is 3.79 Å². The van der Waals surface area contributed by atoms with Gasteiger partial charge in [0.25, 0.3) is 0 Å². The molecule has 0 saturated heterocycles. The molecule has 5 rings (SSSR count). The van der Waals surface area contributed by atoms with E-state index in [4.69, 9.17) is 8.77 Å². The minimum absolute atomic E-state index is 0.194. The minimum Gasteiger partial charge on any atom is -0.648 e. The number of rotatable bonds is 5. The lowest BCUT2D eigenvalue weighted by Crippen LogP contribution is -2.07. The molecule has 3 heteroatoms. The second-order valence-corrected chi connectivity index (χ2v) is 8.50. The van der Waals surface area contributed by atoms with Gasteiger partial charge in [0.15, 0.2) is 0 Å². The van der Waals surface area contributed by atoms with Crippen molar-refractivity contribution in [3.63, 3.8) is 0 Å². The maximum absolute atomic E-state index is 6.17. The summed E-state index contributed by atoms with van der Waals surface area (Å²) in [5.74, 6) is 0.939. The number of hydrogen-bond donors (Lipinski definition) is 0. The first-order valence-electron chi connectivity index (χ1n) is 10.2. The topological polar surface area (TPSA) is 22.1 Å². The zero-order valence-corrected chi connectivity index (χ0v) is 18.0. The highest BCUT2D eigenvalue weighted by Gasteiger charge is 2.08. The van der Waals surface area contributed by atoms with Crippen LogP contribution in [0.4, 0.5) is 0 Å². The normalized spacial score (nSPS) is 11.0. The number of pyridine rings is 1. The van der Waals surface area contributed by atoms with Crippen LogP contribution in [0.1, 0.15) is 11.3 Å². The molecule has 1 aromatic heterocycles. The number of hydrogen-bond acceptors (Lipinski definition) is 2. The van der Waals surface area contributed by atoms with Crippen molar-refractivity contribution >= 4 is 37.2 Å². The van der Waals surface area contributed by atoms with Crippen LogP contribution in [0.25, 0.3) is 32.8 Å². The van der Waals surface area contributed by atoms with E-state index in [0.717, 1.165) is 22.2 Å². The van der Waals surface area contributed by atoms with E-state index in [2.05, 4.69) is 91.0 Å². The molecule has 0 fully saturated rings. The van der Waals surface area contributed by atoms with Crippen molar-refractivity contribution in [3.05, 3.63) is 108 Å². The molecule has 0 amide bonds. The largest absolute Gasteiger partial charge is 0.648 e. The summed E-state index contributed by atoms with van der Waals surface area (Å²) >= 11 is -0.194. The molecule has 0 bridgehead atoms. The number of nitrogens with zero attached hydrogens (tertiary/aromatic N) is 1. The van der Waals surface area contributed by atoms with Crippen LogP contribution >= 0.6 is 0 Å². The summed E-state index contributed by atoms with van der Waals surface area (Å²) in [5, 5.41) is 4.54. The Morgan fingerprint density at radius 3 is 2.40 bits per heavy atom. The molecule has 5 aromatic rings. The van der Waals surface area contributed by atoms with E-state index in [9.17, 15) is 0 Å². The first-order valence-corrected chi connectivity index (χ1v) is 11.5. The summed E-state index contributed by atoms with van der Waals surface area (Å²) in [6, 6.07) is 34.1. The van der Waals surface area contributed by atoms with Crippen molar-refractivity contribution in [1.82, 2.24) is 4.98 Å². The van der Waals surface area contributed by atoms with Crippen LogP contribution in [0, 0.1) is 6.92 Å². The predicted octanol–water partition coefficient (Wildman–Crippen LogP) is 6.56. The van der Waals surface area contributed by atoms with Gasteiger partial charge in [-0.15, -0.1) is 0 Å². The van der Waals surface area contributed by atoms with Crippen molar-refractivity contribution in [2.24, 2.45) is 0 Å². The van der Waals surface area contributed by atoms with Gasteiger partial charge in [-0.25, -0.2) is 0 Å². The van der Waals surface area contributed by atoms with Crippen LogP contribution in [0.2, 0.25) is 0 Å². The summed E-state index contributed by atoms with van der Waals surface area (Å²) < 4.78 is 6.17. The molecular weight excluding hydrogens is 381 g/mol. The predicted molar refractivity (Wildman–Crippen MR) is 126 cm³/mol. The average molecular weight is 402 g/mol. The molecule has 0 unspecified atom stereocenters. The first kappa shape index (κ1) is 18.9. The lowest BCUT2D eigenvalue weighted by Gasteiger charge is -2.10. The molecule has 143 valence electrons. The molecule has 0 saturated carbocycles. The van der Waals surface area contributed by atoms with Gasteiger partial charge in [-0.2, -0.15) is 0 Å². The summed E-state index contributed by atoms with van der Waals surface area (Å²) in [6.45, 7) is 2.04. The second kappa shape index (κ2) is 8.32. The number of aromatic nitrogens is 1. The van der Waals surface area contributed by atoms with Gasteiger partial charge in [0.2, 0.25) is 0 Å². The van der Waals surface area contributed by atoms with Crippen molar-refractivity contribution in [3.8, 4) is 16.9 Å². The molecule has 2 nitrogen and oxygen atoms in total. The van der Waals surface area contributed by atoms with Crippen molar-refractivity contribution in [1.29, 1.82) is 0 Å². The van der Waals surface area contributed by atoms with E-state index in [1.807, 2.05) is 13.0 Å². The number of benzene rings is 4. The Bertz CT molecular complexity index is 1330. The fraction of sp³-hybridized carbons (Fsp3) is 0.0741. The Kier molecular flexibility index (Phi) is 5.24. The van der Waals surface area contributed by atoms with Crippen LogP contribution in [-0.2, 0) is 5.28 Å². The molecule has 1 radical (unpaired) electrons. The fourth-order valence-corrected chi connectivity index (χ4v) is 4.74. The van der Waals surface area contributed by atoms with Crippen molar-refractivity contribution in [2.75, 3.05) is 0 Å². The van der Waals surface area contributed by atoms with E-state index in [0.29, 0.717) is 0 Å². The summed E-state index contributed by atoms with van der Waals surface area (Å²) in [4.78, 5) is 4.73. The molecular formula is C27H21AlNO. The second-order valence-electron chi connectivity index (χ2n) is 7.52. The average Bonchev–Trinajstić information content (AvgIpc) is 2.79. The van der Waals surface area contributed by atoms with Gasteiger partial charge in [-0.1, -0.05) is 72.8 Å². The van der Waals surface area contributed by atoms with Gasteiger partial charge in [0.05, 0.1) is 11.3 Å². The van der Waals surface area contributed by atoms with E-state index in [1.54, 1.807) is 0 Å². The molecule has 30 heavy (non-hydrogen) atoms. The van der Waals surface area contributed by atoms with Gasteiger partial charge >= 0.3 is 15.6 Å². The van der Waals surface area contributed by atoms with Gasteiger partial charge in [0, 0.05) is 11.1 Å². The summed E-state index contributed by atoms with van der Waals surface area (Å²) in [7, 11) is 0. The molecule has 0 atom stereocenters. The number of fused-ring (bicyclic) bond motifs is 2. The van der Waals surface area contributed by atoms with E-state index in [1.165, 1.54) is 32.8 Å². The van der Waals surface area contributed by atoms with E-state index in [-0.39, 0.29) is 15.6 Å². The molecule has 0 aliphatic rings. The summed E-state index contributed by atoms with van der Waals surface area (Å²) in [5.41, 5.74) is 5.89. The van der Waals surface area contributed by atoms with Gasteiger partial charge in [0.1, 0.15) is 0 Å². The third-order valence-corrected chi connectivity index (χ3v) is 6.43. The summed E-state index contributed by atoms with van der Waals surface area (Å²) in [6.07, 6.45) is 0. The minimum atomic E-state index is -0.194. The third-order valence-electron chi connectivity index (χ3n) is 5.38. The highest BCUT2D eigenvalue weighted by atomic mass is 27.1. The zero-order valence-electron chi connectivity index (χ0n) is 16.9.